The fraction of sp³-hybridized carbons (Fsp3) is 0.667. The van der Waals surface area contributed by atoms with Gasteiger partial charge in [0, 0.05) is 10.5 Å². The van der Waals surface area contributed by atoms with Gasteiger partial charge in [-0.3, -0.25) is 0 Å². The van der Waals surface area contributed by atoms with Crippen molar-refractivity contribution in [1.29, 1.82) is 0 Å². The topological polar surface area (TPSA) is 21.3 Å². The van der Waals surface area contributed by atoms with E-state index in [1.165, 1.54) is 35.7 Å². The average molecular weight is 354 g/mol. The zero-order valence-electron chi connectivity index (χ0n) is 13.5. The van der Waals surface area contributed by atoms with Gasteiger partial charge in [-0.25, -0.2) is 0 Å². The van der Waals surface area contributed by atoms with E-state index in [9.17, 15) is 0 Å². The molecule has 1 saturated carbocycles. The second-order valence-corrected chi connectivity index (χ2v) is 7.68. The summed E-state index contributed by atoms with van der Waals surface area (Å²) < 4.78 is 6.70. The lowest BCUT2D eigenvalue weighted by Crippen LogP contribution is -2.24. The molecule has 118 valence electrons. The van der Waals surface area contributed by atoms with Crippen molar-refractivity contribution < 1.29 is 4.74 Å². The third kappa shape index (κ3) is 5.99. The number of aryl methyl sites for hydroxylation is 1. The first-order valence-corrected chi connectivity index (χ1v) is 8.94. The van der Waals surface area contributed by atoms with E-state index in [2.05, 4.69) is 53.3 Å². The van der Waals surface area contributed by atoms with Gasteiger partial charge in [0.05, 0.1) is 6.61 Å². The molecule has 21 heavy (non-hydrogen) atoms. The predicted octanol–water partition coefficient (Wildman–Crippen LogP) is 4.95. The summed E-state index contributed by atoms with van der Waals surface area (Å²) in [6.45, 7) is 8.64. The molecule has 1 aromatic rings. The first-order chi connectivity index (χ1) is 10.00. The average Bonchev–Trinajstić information content (AvgIpc) is 3.22. The second-order valence-electron chi connectivity index (χ2n) is 6.83. The molecule has 2 rings (SSSR count). The monoisotopic (exact) mass is 353 g/mol. The van der Waals surface area contributed by atoms with E-state index in [1.807, 2.05) is 6.92 Å². The van der Waals surface area contributed by atoms with Gasteiger partial charge in [-0.1, -0.05) is 35.8 Å². The van der Waals surface area contributed by atoms with Gasteiger partial charge < -0.3 is 10.1 Å². The molecule has 1 fully saturated rings. The Balaban J connectivity index is 1.79. The number of nitrogens with one attached hydrogen (secondary N) is 1. The van der Waals surface area contributed by atoms with E-state index in [0.29, 0.717) is 12.0 Å². The molecule has 0 aromatic heterocycles. The molecule has 0 bridgehead atoms. The van der Waals surface area contributed by atoms with Gasteiger partial charge in [0.25, 0.3) is 0 Å². The van der Waals surface area contributed by atoms with Crippen LogP contribution in [0.5, 0.6) is 5.75 Å². The summed E-state index contributed by atoms with van der Waals surface area (Å²) in [5.41, 5.74) is 1.77. The standard InChI is InChI=1S/C18H28BrNO/c1-4-21-16-8-5-14(17(19)13-16)9-10-18(2,3)11-12-20-15-6-7-15/h5,8,13,15,20H,4,6-7,9-12H2,1-3H3. The van der Waals surface area contributed by atoms with E-state index in [0.717, 1.165) is 24.8 Å². The maximum absolute atomic E-state index is 5.53. The number of hydrogen-bond donors (Lipinski definition) is 1. The van der Waals surface area contributed by atoms with Gasteiger partial charge in [-0.2, -0.15) is 0 Å². The Morgan fingerprint density at radius 2 is 2.05 bits per heavy atom. The molecule has 0 amide bonds. The van der Waals surface area contributed by atoms with Crippen LogP contribution in [0.2, 0.25) is 0 Å². The van der Waals surface area contributed by atoms with E-state index in [-0.39, 0.29) is 0 Å². The third-order valence-electron chi connectivity index (χ3n) is 4.22. The molecule has 1 N–H and O–H groups in total. The highest BCUT2D eigenvalue weighted by Gasteiger charge is 2.23. The normalized spacial score (nSPS) is 15.2. The van der Waals surface area contributed by atoms with Crippen molar-refractivity contribution >= 4 is 15.9 Å². The summed E-state index contributed by atoms with van der Waals surface area (Å²) in [6, 6.07) is 7.17. The summed E-state index contributed by atoms with van der Waals surface area (Å²) in [5.74, 6) is 0.945. The summed E-state index contributed by atoms with van der Waals surface area (Å²) in [4.78, 5) is 0. The fourth-order valence-electron chi connectivity index (χ4n) is 2.49. The van der Waals surface area contributed by atoms with Crippen LogP contribution >= 0.6 is 15.9 Å². The van der Waals surface area contributed by atoms with Crippen LogP contribution in [-0.4, -0.2) is 19.2 Å². The number of benzene rings is 1. The molecule has 0 heterocycles. The number of hydrogen-bond acceptors (Lipinski definition) is 2. The highest BCUT2D eigenvalue weighted by atomic mass is 79.9. The first kappa shape index (κ1) is 16.8. The molecule has 0 unspecified atom stereocenters. The van der Waals surface area contributed by atoms with Crippen LogP contribution < -0.4 is 10.1 Å². The lowest BCUT2D eigenvalue weighted by Gasteiger charge is -2.25. The molecular weight excluding hydrogens is 326 g/mol. The van der Waals surface area contributed by atoms with Crippen molar-refractivity contribution in [3.8, 4) is 5.75 Å². The fourth-order valence-corrected chi connectivity index (χ4v) is 3.04. The van der Waals surface area contributed by atoms with E-state index in [4.69, 9.17) is 4.74 Å². The van der Waals surface area contributed by atoms with Gasteiger partial charge in [0.1, 0.15) is 5.75 Å². The largest absolute Gasteiger partial charge is 0.494 e. The Bertz CT molecular complexity index is 455. The van der Waals surface area contributed by atoms with Crippen molar-refractivity contribution in [3.05, 3.63) is 28.2 Å². The Hall–Kier alpha value is -0.540. The summed E-state index contributed by atoms with van der Waals surface area (Å²) in [5, 5.41) is 3.62. The van der Waals surface area contributed by atoms with E-state index < -0.39 is 0 Å². The van der Waals surface area contributed by atoms with Crippen LogP contribution in [0.3, 0.4) is 0 Å². The van der Waals surface area contributed by atoms with Crippen molar-refractivity contribution in [1.82, 2.24) is 5.32 Å². The first-order valence-electron chi connectivity index (χ1n) is 8.15. The highest BCUT2D eigenvalue weighted by molar-refractivity contribution is 9.10. The molecule has 3 heteroatoms. The quantitative estimate of drug-likeness (QED) is 0.678. The minimum atomic E-state index is 0.389. The summed E-state index contributed by atoms with van der Waals surface area (Å²) in [7, 11) is 0. The zero-order valence-corrected chi connectivity index (χ0v) is 15.1. The molecule has 0 aliphatic heterocycles. The van der Waals surface area contributed by atoms with Gasteiger partial charge in [-0.15, -0.1) is 0 Å². The second kappa shape index (κ2) is 7.64. The SMILES string of the molecule is CCOc1ccc(CCC(C)(C)CCNC2CC2)c(Br)c1. The summed E-state index contributed by atoms with van der Waals surface area (Å²) >= 11 is 3.67. The zero-order chi connectivity index (χ0) is 15.3. The Kier molecular flexibility index (Phi) is 6.12. The molecule has 0 spiro atoms. The number of rotatable bonds is 9. The molecule has 0 saturated heterocycles. The van der Waals surface area contributed by atoms with Crippen molar-refractivity contribution in [2.75, 3.05) is 13.2 Å². The van der Waals surface area contributed by atoms with Crippen LogP contribution in [0.15, 0.2) is 22.7 Å². The maximum Gasteiger partial charge on any atom is 0.120 e. The van der Waals surface area contributed by atoms with Gasteiger partial charge in [0.15, 0.2) is 0 Å². The molecule has 2 nitrogen and oxygen atoms in total. The van der Waals surface area contributed by atoms with Gasteiger partial charge in [-0.05, 0) is 68.7 Å². The van der Waals surface area contributed by atoms with Crippen LogP contribution in [0.25, 0.3) is 0 Å². The molecular formula is C18H28BrNO. The van der Waals surface area contributed by atoms with E-state index >= 15 is 0 Å². The van der Waals surface area contributed by atoms with Crippen LogP contribution in [0, 0.1) is 5.41 Å². The lowest BCUT2D eigenvalue weighted by molar-refractivity contribution is 0.301. The number of halogens is 1. The summed E-state index contributed by atoms with van der Waals surface area (Å²) in [6.07, 6.45) is 6.33. The molecule has 1 aliphatic rings. The lowest BCUT2D eigenvalue weighted by atomic mass is 9.83. The van der Waals surface area contributed by atoms with Crippen LogP contribution in [-0.2, 0) is 6.42 Å². The smallest absolute Gasteiger partial charge is 0.120 e. The highest BCUT2D eigenvalue weighted by Crippen LogP contribution is 2.30. The van der Waals surface area contributed by atoms with Gasteiger partial charge >= 0.3 is 0 Å². The third-order valence-corrected chi connectivity index (χ3v) is 4.96. The molecule has 0 radical (unpaired) electrons. The Morgan fingerprint density at radius 3 is 2.67 bits per heavy atom. The Labute approximate surface area is 137 Å². The van der Waals surface area contributed by atoms with Crippen LogP contribution in [0.1, 0.15) is 52.0 Å². The Morgan fingerprint density at radius 1 is 1.29 bits per heavy atom. The molecule has 1 aliphatic carbocycles. The van der Waals surface area contributed by atoms with E-state index in [1.54, 1.807) is 0 Å². The molecule has 1 aromatic carbocycles. The van der Waals surface area contributed by atoms with Crippen molar-refractivity contribution in [2.24, 2.45) is 5.41 Å². The van der Waals surface area contributed by atoms with Crippen molar-refractivity contribution in [3.63, 3.8) is 0 Å². The van der Waals surface area contributed by atoms with Gasteiger partial charge in [0.2, 0.25) is 0 Å². The minimum absolute atomic E-state index is 0.389. The van der Waals surface area contributed by atoms with Crippen LogP contribution in [0.4, 0.5) is 0 Å². The van der Waals surface area contributed by atoms with Crippen molar-refractivity contribution in [2.45, 2.75) is 58.9 Å². The number of ether oxygens (including phenoxy) is 1. The predicted molar refractivity (Wildman–Crippen MR) is 93.1 cm³/mol. The minimum Gasteiger partial charge on any atom is -0.494 e. The molecule has 0 atom stereocenters. The maximum atomic E-state index is 5.53.